The molecule has 0 saturated carbocycles. The summed E-state index contributed by atoms with van der Waals surface area (Å²) in [5.41, 5.74) is 0.896. The van der Waals surface area contributed by atoms with E-state index < -0.39 is 0 Å². The van der Waals surface area contributed by atoms with Crippen LogP contribution in [0.1, 0.15) is 12.1 Å². The third kappa shape index (κ3) is 4.43. The topological polar surface area (TPSA) is 57.3 Å². The van der Waals surface area contributed by atoms with E-state index in [4.69, 9.17) is 0 Å². The maximum Gasteiger partial charge on any atom is 0.221 e. The second-order valence-electron chi connectivity index (χ2n) is 4.44. The number of aromatic nitrogens is 1. The van der Waals surface area contributed by atoms with Gasteiger partial charge >= 0.3 is 0 Å². The van der Waals surface area contributed by atoms with E-state index in [1.807, 2.05) is 18.2 Å². The van der Waals surface area contributed by atoms with Gasteiger partial charge in [0.15, 0.2) is 0 Å². The number of nitrogens with zero attached hydrogens (tertiary/aromatic N) is 2. The molecule has 1 aromatic heterocycles. The number of pyridine rings is 1. The van der Waals surface area contributed by atoms with E-state index in [-0.39, 0.29) is 5.91 Å². The SMILES string of the molecule is O=C(CCN1CCNCC1)NCc1ccccn1. The average Bonchev–Trinajstić information content (AvgIpc) is 2.45. The van der Waals surface area contributed by atoms with Crippen LogP contribution in [0, 0.1) is 0 Å². The zero-order valence-electron chi connectivity index (χ0n) is 10.6. The first-order valence-corrected chi connectivity index (χ1v) is 6.44. The van der Waals surface area contributed by atoms with E-state index in [0.717, 1.165) is 38.4 Å². The maximum atomic E-state index is 11.7. The molecule has 1 saturated heterocycles. The van der Waals surface area contributed by atoms with Gasteiger partial charge in [0.1, 0.15) is 0 Å². The molecule has 5 heteroatoms. The van der Waals surface area contributed by atoms with Gasteiger partial charge in [0.2, 0.25) is 5.91 Å². The fraction of sp³-hybridized carbons (Fsp3) is 0.538. The molecule has 2 rings (SSSR count). The minimum atomic E-state index is 0.0965. The summed E-state index contributed by atoms with van der Waals surface area (Å²) in [6.07, 6.45) is 2.30. The van der Waals surface area contributed by atoms with Gasteiger partial charge in [-0.2, -0.15) is 0 Å². The van der Waals surface area contributed by atoms with Crippen molar-refractivity contribution in [2.45, 2.75) is 13.0 Å². The van der Waals surface area contributed by atoms with Crippen LogP contribution in [0.25, 0.3) is 0 Å². The van der Waals surface area contributed by atoms with Crippen molar-refractivity contribution in [2.75, 3.05) is 32.7 Å². The van der Waals surface area contributed by atoms with Crippen molar-refractivity contribution in [3.05, 3.63) is 30.1 Å². The van der Waals surface area contributed by atoms with E-state index in [9.17, 15) is 4.79 Å². The third-order valence-electron chi connectivity index (χ3n) is 3.06. The summed E-state index contributed by atoms with van der Waals surface area (Å²) < 4.78 is 0. The van der Waals surface area contributed by atoms with Gasteiger partial charge in [-0.1, -0.05) is 6.07 Å². The number of amides is 1. The van der Waals surface area contributed by atoms with Gasteiger partial charge < -0.3 is 15.5 Å². The minimum absolute atomic E-state index is 0.0965. The Kier molecular flexibility index (Phi) is 5.11. The molecule has 18 heavy (non-hydrogen) atoms. The van der Waals surface area contributed by atoms with Crippen molar-refractivity contribution in [1.29, 1.82) is 0 Å². The van der Waals surface area contributed by atoms with Gasteiger partial charge in [-0.25, -0.2) is 0 Å². The van der Waals surface area contributed by atoms with Gasteiger partial charge in [-0.3, -0.25) is 9.78 Å². The van der Waals surface area contributed by atoms with Gasteiger partial charge in [0.25, 0.3) is 0 Å². The lowest BCUT2D eigenvalue weighted by Gasteiger charge is -2.26. The molecule has 0 spiro atoms. The molecular formula is C13H20N4O. The first-order chi connectivity index (χ1) is 8.84. The first-order valence-electron chi connectivity index (χ1n) is 6.44. The summed E-state index contributed by atoms with van der Waals surface area (Å²) >= 11 is 0. The Labute approximate surface area is 108 Å². The summed E-state index contributed by atoms with van der Waals surface area (Å²) in [6, 6.07) is 5.71. The van der Waals surface area contributed by atoms with E-state index in [1.54, 1.807) is 6.20 Å². The lowest BCUT2D eigenvalue weighted by atomic mass is 10.3. The van der Waals surface area contributed by atoms with Crippen molar-refractivity contribution in [3.8, 4) is 0 Å². The summed E-state index contributed by atoms with van der Waals surface area (Å²) in [5.74, 6) is 0.0965. The number of nitrogens with one attached hydrogen (secondary N) is 2. The summed E-state index contributed by atoms with van der Waals surface area (Å²) in [4.78, 5) is 18.2. The van der Waals surface area contributed by atoms with Gasteiger partial charge in [0, 0.05) is 45.3 Å². The fourth-order valence-corrected chi connectivity index (χ4v) is 1.97. The predicted molar refractivity (Wildman–Crippen MR) is 70.0 cm³/mol. The number of hydrogen-bond acceptors (Lipinski definition) is 4. The lowest BCUT2D eigenvalue weighted by molar-refractivity contribution is -0.121. The number of rotatable bonds is 5. The minimum Gasteiger partial charge on any atom is -0.350 e. The first kappa shape index (κ1) is 13.0. The highest BCUT2D eigenvalue weighted by Crippen LogP contribution is 1.96. The van der Waals surface area contributed by atoms with Crippen molar-refractivity contribution in [2.24, 2.45) is 0 Å². The molecular weight excluding hydrogens is 228 g/mol. The molecule has 1 aromatic rings. The maximum absolute atomic E-state index is 11.7. The highest BCUT2D eigenvalue weighted by atomic mass is 16.1. The molecule has 0 bridgehead atoms. The van der Waals surface area contributed by atoms with Crippen LogP contribution in [-0.4, -0.2) is 48.5 Å². The van der Waals surface area contributed by atoms with Gasteiger partial charge in [-0.15, -0.1) is 0 Å². The summed E-state index contributed by atoms with van der Waals surface area (Å²) in [5, 5.41) is 6.19. The van der Waals surface area contributed by atoms with Crippen molar-refractivity contribution >= 4 is 5.91 Å². The van der Waals surface area contributed by atoms with Crippen molar-refractivity contribution in [1.82, 2.24) is 20.5 Å². The summed E-state index contributed by atoms with van der Waals surface area (Å²) in [7, 11) is 0. The standard InChI is InChI=1S/C13H20N4O/c18-13(4-8-17-9-6-14-7-10-17)16-11-12-3-1-2-5-15-12/h1-3,5,14H,4,6-11H2,(H,16,18). The van der Waals surface area contributed by atoms with Crippen LogP contribution in [0.15, 0.2) is 24.4 Å². The Morgan fingerprint density at radius 1 is 1.39 bits per heavy atom. The smallest absolute Gasteiger partial charge is 0.221 e. The average molecular weight is 248 g/mol. The molecule has 2 N–H and O–H groups in total. The molecule has 0 aromatic carbocycles. The van der Waals surface area contributed by atoms with E-state index in [1.165, 1.54) is 0 Å². The van der Waals surface area contributed by atoms with E-state index in [0.29, 0.717) is 13.0 Å². The fourth-order valence-electron chi connectivity index (χ4n) is 1.97. The number of carbonyl (C=O) groups is 1. The van der Waals surface area contributed by atoms with Crippen LogP contribution in [0.5, 0.6) is 0 Å². The van der Waals surface area contributed by atoms with Crippen LogP contribution in [0.2, 0.25) is 0 Å². The highest BCUT2D eigenvalue weighted by Gasteiger charge is 2.10. The molecule has 0 radical (unpaired) electrons. The quantitative estimate of drug-likeness (QED) is 0.770. The Morgan fingerprint density at radius 3 is 2.94 bits per heavy atom. The van der Waals surface area contributed by atoms with E-state index in [2.05, 4.69) is 20.5 Å². The second-order valence-corrected chi connectivity index (χ2v) is 4.44. The monoisotopic (exact) mass is 248 g/mol. The van der Waals surface area contributed by atoms with Crippen molar-refractivity contribution in [3.63, 3.8) is 0 Å². The Hall–Kier alpha value is -1.46. The zero-order valence-corrected chi connectivity index (χ0v) is 10.6. The normalized spacial score (nSPS) is 16.4. The number of hydrogen-bond donors (Lipinski definition) is 2. The molecule has 0 atom stereocenters. The molecule has 0 unspecified atom stereocenters. The van der Waals surface area contributed by atoms with Crippen LogP contribution in [-0.2, 0) is 11.3 Å². The van der Waals surface area contributed by atoms with Crippen LogP contribution in [0.3, 0.4) is 0 Å². The number of carbonyl (C=O) groups excluding carboxylic acids is 1. The molecule has 98 valence electrons. The molecule has 5 nitrogen and oxygen atoms in total. The molecule has 1 aliphatic rings. The number of piperazine rings is 1. The molecule has 1 aliphatic heterocycles. The Bertz CT molecular complexity index is 363. The second kappa shape index (κ2) is 7.08. The third-order valence-corrected chi connectivity index (χ3v) is 3.06. The zero-order chi connectivity index (χ0) is 12.6. The van der Waals surface area contributed by atoms with Crippen LogP contribution >= 0.6 is 0 Å². The van der Waals surface area contributed by atoms with Crippen LogP contribution < -0.4 is 10.6 Å². The van der Waals surface area contributed by atoms with Gasteiger partial charge in [0.05, 0.1) is 12.2 Å². The Morgan fingerprint density at radius 2 is 2.22 bits per heavy atom. The predicted octanol–water partition coefficient (Wildman–Crippen LogP) is -0.00690. The molecule has 2 heterocycles. The van der Waals surface area contributed by atoms with Crippen LogP contribution in [0.4, 0.5) is 0 Å². The van der Waals surface area contributed by atoms with E-state index >= 15 is 0 Å². The molecule has 1 fully saturated rings. The largest absolute Gasteiger partial charge is 0.350 e. The lowest BCUT2D eigenvalue weighted by Crippen LogP contribution is -2.44. The van der Waals surface area contributed by atoms with Crippen molar-refractivity contribution < 1.29 is 4.79 Å². The molecule has 0 aliphatic carbocycles. The van der Waals surface area contributed by atoms with Gasteiger partial charge in [-0.05, 0) is 12.1 Å². The highest BCUT2D eigenvalue weighted by molar-refractivity contribution is 5.75. The molecule has 1 amide bonds. The summed E-state index contributed by atoms with van der Waals surface area (Å²) in [6.45, 7) is 5.48. The Balaban J connectivity index is 1.63.